The zero-order valence-electron chi connectivity index (χ0n) is 12.2. The Bertz CT molecular complexity index is 615. The van der Waals surface area contributed by atoms with Crippen LogP contribution in [0.4, 0.5) is 5.69 Å². The summed E-state index contributed by atoms with van der Waals surface area (Å²) < 4.78 is 5.42. The zero-order valence-corrected chi connectivity index (χ0v) is 12.2. The normalized spacial score (nSPS) is 11.7. The number of hydrogen-bond acceptors (Lipinski definition) is 4. The molecule has 3 N–H and O–H groups in total. The molecule has 1 aromatic heterocycles. The van der Waals surface area contributed by atoms with E-state index in [0.29, 0.717) is 0 Å². The van der Waals surface area contributed by atoms with Gasteiger partial charge in [0, 0.05) is 16.5 Å². The van der Waals surface area contributed by atoms with E-state index in [1.807, 2.05) is 25.1 Å². The summed E-state index contributed by atoms with van der Waals surface area (Å²) in [6.45, 7) is 8.43. The fraction of sp³-hybridized carbons (Fsp3) is 0.400. The van der Waals surface area contributed by atoms with Crippen molar-refractivity contribution in [3.63, 3.8) is 0 Å². The molecule has 0 saturated carbocycles. The summed E-state index contributed by atoms with van der Waals surface area (Å²) in [6, 6.07) is 5.96. The van der Waals surface area contributed by atoms with Gasteiger partial charge in [-0.2, -0.15) is 0 Å². The molecule has 0 aliphatic rings. The molecule has 102 valence electrons. The Kier molecular flexibility index (Phi) is 3.37. The first-order chi connectivity index (χ1) is 8.88. The summed E-state index contributed by atoms with van der Waals surface area (Å²) in [5, 5.41) is 1.01. The van der Waals surface area contributed by atoms with E-state index >= 15 is 0 Å². The summed E-state index contributed by atoms with van der Waals surface area (Å²) in [6.07, 6.45) is 0. The number of aromatic nitrogens is 1. The number of hydrazine groups is 1. The average Bonchev–Trinajstić information content (AvgIpc) is 2.37. The van der Waals surface area contributed by atoms with Gasteiger partial charge < -0.3 is 10.2 Å². The second-order valence-electron chi connectivity index (χ2n) is 5.76. The fourth-order valence-corrected chi connectivity index (χ4v) is 2.15. The molecule has 0 atom stereocenters. The van der Waals surface area contributed by atoms with E-state index in [1.165, 1.54) is 0 Å². The quantitative estimate of drug-likeness (QED) is 0.642. The third-order valence-corrected chi connectivity index (χ3v) is 3.28. The molecule has 0 aliphatic carbocycles. The van der Waals surface area contributed by atoms with Crippen molar-refractivity contribution >= 4 is 16.6 Å². The van der Waals surface area contributed by atoms with Gasteiger partial charge in [-0.15, -0.1) is 0 Å². The van der Waals surface area contributed by atoms with Crippen LogP contribution in [-0.2, 0) is 5.41 Å². The van der Waals surface area contributed by atoms with Crippen LogP contribution >= 0.6 is 0 Å². The fourth-order valence-electron chi connectivity index (χ4n) is 2.15. The Labute approximate surface area is 113 Å². The number of fused-ring (bicyclic) bond motifs is 1. The zero-order chi connectivity index (χ0) is 14.2. The largest absolute Gasteiger partial charge is 0.494 e. The molecule has 1 aromatic carbocycles. The van der Waals surface area contributed by atoms with Crippen LogP contribution in [0.2, 0.25) is 0 Å². The van der Waals surface area contributed by atoms with Crippen LogP contribution in [0.25, 0.3) is 10.9 Å². The van der Waals surface area contributed by atoms with Gasteiger partial charge in [0.1, 0.15) is 11.3 Å². The minimum atomic E-state index is -0.0471. The Morgan fingerprint density at radius 2 is 1.95 bits per heavy atom. The van der Waals surface area contributed by atoms with Gasteiger partial charge in [0.05, 0.1) is 12.8 Å². The smallest absolute Gasteiger partial charge is 0.145 e. The van der Waals surface area contributed by atoms with Gasteiger partial charge in [0.2, 0.25) is 0 Å². The van der Waals surface area contributed by atoms with Crippen LogP contribution in [0.15, 0.2) is 18.2 Å². The molecule has 2 aromatic rings. The first-order valence-electron chi connectivity index (χ1n) is 6.34. The first-order valence-corrected chi connectivity index (χ1v) is 6.34. The van der Waals surface area contributed by atoms with Gasteiger partial charge in [-0.05, 0) is 24.6 Å². The van der Waals surface area contributed by atoms with Crippen molar-refractivity contribution < 1.29 is 4.74 Å². The maximum Gasteiger partial charge on any atom is 0.145 e. The molecule has 0 unspecified atom stereocenters. The number of rotatable bonds is 2. The summed E-state index contributed by atoms with van der Waals surface area (Å²) in [5.41, 5.74) is 6.57. The number of benzene rings is 1. The summed E-state index contributed by atoms with van der Waals surface area (Å²) in [7, 11) is 1.66. The highest BCUT2D eigenvalue weighted by molar-refractivity contribution is 5.97. The Balaban J connectivity index is 2.88. The van der Waals surface area contributed by atoms with Crippen molar-refractivity contribution in [1.29, 1.82) is 0 Å². The number of nitrogens with one attached hydrogen (secondary N) is 1. The number of nitrogens with zero attached hydrogens (tertiary/aromatic N) is 1. The van der Waals surface area contributed by atoms with Crippen molar-refractivity contribution in [3.05, 3.63) is 29.5 Å². The molecule has 19 heavy (non-hydrogen) atoms. The van der Waals surface area contributed by atoms with E-state index < -0.39 is 0 Å². The van der Waals surface area contributed by atoms with Crippen molar-refractivity contribution in [3.8, 4) is 5.75 Å². The maximum absolute atomic E-state index is 5.67. The van der Waals surface area contributed by atoms with E-state index in [-0.39, 0.29) is 5.41 Å². The standard InChI is InChI=1S/C15H21N3O/c1-9-6-7-11(19-5)14-13(9)10(18-16)8-12(17-14)15(2,3)4/h6-8H,16H2,1-5H3,(H,17,18). The minimum absolute atomic E-state index is 0.0471. The lowest BCUT2D eigenvalue weighted by atomic mass is 9.90. The van der Waals surface area contributed by atoms with Crippen LogP contribution < -0.4 is 16.0 Å². The molecule has 2 rings (SSSR count). The lowest BCUT2D eigenvalue weighted by Gasteiger charge is -2.21. The number of methoxy groups -OCH3 is 1. The molecule has 0 amide bonds. The monoisotopic (exact) mass is 259 g/mol. The highest BCUT2D eigenvalue weighted by atomic mass is 16.5. The molecule has 0 bridgehead atoms. The highest BCUT2D eigenvalue weighted by Crippen LogP contribution is 2.35. The molecular formula is C15H21N3O. The molecule has 0 saturated heterocycles. The van der Waals surface area contributed by atoms with Gasteiger partial charge in [-0.25, -0.2) is 4.98 Å². The molecule has 1 heterocycles. The van der Waals surface area contributed by atoms with E-state index in [9.17, 15) is 0 Å². The number of pyridine rings is 1. The molecule has 4 heteroatoms. The Morgan fingerprint density at radius 1 is 1.26 bits per heavy atom. The number of hydrogen-bond donors (Lipinski definition) is 2. The maximum atomic E-state index is 5.67. The second kappa shape index (κ2) is 4.70. The Morgan fingerprint density at radius 3 is 2.47 bits per heavy atom. The van der Waals surface area contributed by atoms with Gasteiger partial charge >= 0.3 is 0 Å². The molecule has 0 fully saturated rings. The van der Waals surface area contributed by atoms with E-state index in [2.05, 4.69) is 26.2 Å². The topological polar surface area (TPSA) is 60.2 Å². The predicted octanol–water partition coefficient (Wildman–Crippen LogP) is 3.13. The molecule has 0 aliphatic heterocycles. The summed E-state index contributed by atoms with van der Waals surface area (Å²) in [5.74, 6) is 6.44. The number of nitrogen functional groups attached to an aromatic ring is 1. The van der Waals surface area contributed by atoms with Gasteiger partial charge in [0.25, 0.3) is 0 Å². The minimum Gasteiger partial charge on any atom is -0.494 e. The molecule has 0 spiro atoms. The van der Waals surface area contributed by atoms with Crippen LogP contribution in [0.5, 0.6) is 5.75 Å². The number of ether oxygens (including phenoxy) is 1. The lowest BCUT2D eigenvalue weighted by molar-refractivity contribution is 0.418. The van der Waals surface area contributed by atoms with Crippen LogP contribution in [0, 0.1) is 6.92 Å². The van der Waals surface area contributed by atoms with Crippen molar-refractivity contribution in [2.75, 3.05) is 12.5 Å². The van der Waals surface area contributed by atoms with Crippen LogP contribution in [-0.4, -0.2) is 12.1 Å². The first kappa shape index (κ1) is 13.6. The van der Waals surface area contributed by atoms with Crippen molar-refractivity contribution in [2.24, 2.45) is 5.84 Å². The third-order valence-electron chi connectivity index (χ3n) is 3.28. The molecule has 4 nitrogen and oxygen atoms in total. The molecular weight excluding hydrogens is 238 g/mol. The summed E-state index contributed by atoms with van der Waals surface area (Å²) in [4.78, 5) is 4.77. The SMILES string of the molecule is COc1ccc(C)c2c(NN)cc(C(C)(C)C)nc12. The number of anilines is 1. The van der Waals surface area contributed by atoms with Crippen LogP contribution in [0.1, 0.15) is 32.0 Å². The number of nitrogens with two attached hydrogens (primary N) is 1. The third kappa shape index (κ3) is 2.36. The van der Waals surface area contributed by atoms with E-state index in [1.54, 1.807) is 7.11 Å². The Hall–Kier alpha value is -1.81. The average molecular weight is 259 g/mol. The molecule has 0 radical (unpaired) electrons. The van der Waals surface area contributed by atoms with Gasteiger partial charge in [-0.1, -0.05) is 26.8 Å². The van der Waals surface area contributed by atoms with Crippen LogP contribution in [0.3, 0.4) is 0 Å². The van der Waals surface area contributed by atoms with Gasteiger partial charge in [-0.3, -0.25) is 5.84 Å². The summed E-state index contributed by atoms with van der Waals surface area (Å²) >= 11 is 0. The lowest BCUT2D eigenvalue weighted by Crippen LogP contribution is -2.16. The van der Waals surface area contributed by atoms with Crippen molar-refractivity contribution in [1.82, 2.24) is 4.98 Å². The van der Waals surface area contributed by atoms with E-state index in [0.717, 1.165) is 33.6 Å². The predicted molar refractivity (Wildman–Crippen MR) is 79.5 cm³/mol. The van der Waals surface area contributed by atoms with Gasteiger partial charge in [0.15, 0.2) is 0 Å². The van der Waals surface area contributed by atoms with E-state index in [4.69, 9.17) is 15.6 Å². The second-order valence-corrected chi connectivity index (χ2v) is 5.76. The van der Waals surface area contributed by atoms with Crippen molar-refractivity contribution in [2.45, 2.75) is 33.1 Å². The highest BCUT2D eigenvalue weighted by Gasteiger charge is 2.19. The number of aryl methyl sites for hydroxylation is 1.